The number of hydrogen-bond donors (Lipinski definition) is 0. The largest absolute Gasteiger partial charge is 0.457 e. The van der Waals surface area contributed by atoms with E-state index in [9.17, 15) is 0 Å². The van der Waals surface area contributed by atoms with E-state index in [1.165, 1.54) is 44.5 Å². The molecular formula is C100H62N4O2. The van der Waals surface area contributed by atoms with Gasteiger partial charge < -0.3 is 9.47 Å². The van der Waals surface area contributed by atoms with Gasteiger partial charge in [0.25, 0.3) is 0 Å². The summed E-state index contributed by atoms with van der Waals surface area (Å²) in [5.74, 6) is 4.58. The van der Waals surface area contributed by atoms with E-state index in [0.29, 0.717) is 11.6 Å². The molecule has 0 amide bonds. The van der Waals surface area contributed by atoms with Gasteiger partial charge in [-0.3, -0.25) is 0 Å². The van der Waals surface area contributed by atoms with Gasteiger partial charge in [-0.2, -0.15) is 0 Å². The summed E-state index contributed by atoms with van der Waals surface area (Å²) < 4.78 is 14.0. The van der Waals surface area contributed by atoms with Crippen LogP contribution in [0.2, 0.25) is 0 Å². The van der Waals surface area contributed by atoms with Crippen molar-refractivity contribution >= 4 is 0 Å². The van der Waals surface area contributed by atoms with E-state index in [1.807, 2.05) is 6.07 Å². The zero-order valence-electron chi connectivity index (χ0n) is 57.4. The first-order chi connectivity index (χ1) is 52.5. The van der Waals surface area contributed by atoms with Crippen molar-refractivity contribution in [1.29, 1.82) is 0 Å². The maximum absolute atomic E-state index is 7.11. The summed E-state index contributed by atoms with van der Waals surface area (Å²) >= 11 is 0. The second-order valence-electron chi connectivity index (χ2n) is 27.7. The Bertz CT molecular complexity index is 6380. The maximum atomic E-state index is 7.11. The molecule has 2 aliphatic heterocycles. The molecule has 2 aliphatic carbocycles. The van der Waals surface area contributed by atoms with Gasteiger partial charge in [0.05, 0.1) is 33.6 Å². The van der Waals surface area contributed by atoms with Crippen LogP contribution in [0.25, 0.3) is 135 Å². The molecule has 0 saturated carbocycles. The lowest BCUT2D eigenvalue weighted by atomic mass is 9.65. The number of aromatic nitrogens is 4. The highest BCUT2D eigenvalue weighted by molar-refractivity contribution is 5.99. The van der Waals surface area contributed by atoms with Crippen LogP contribution in [0, 0.1) is 0 Å². The second kappa shape index (κ2) is 24.4. The highest BCUT2D eigenvalue weighted by Crippen LogP contribution is 2.65. The molecule has 1 atom stereocenters. The van der Waals surface area contributed by atoms with Crippen molar-refractivity contribution in [2.75, 3.05) is 0 Å². The van der Waals surface area contributed by atoms with Gasteiger partial charge in [-0.1, -0.05) is 322 Å². The Kier molecular flexibility index (Phi) is 14.0. The molecule has 106 heavy (non-hydrogen) atoms. The molecule has 6 nitrogen and oxygen atoms in total. The SMILES string of the molecule is c1ccc(-c2cc(-c3cccc(-c4cccc5c4-c4ccccc4C54c5ccccc5Oc5ccc(-c6ccccc6-c6nc(-c7ccccc7)cc(-c7ccccc7-c7ccccc7)n6)cc54)c3)nc(-c3ccccc3-c3ccc4c(c3)C3(c5ccccc5O4)c4ccccc4-c4ccccc43)n2)cc1. The average molecular weight is 1350 g/mol. The van der Waals surface area contributed by atoms with Crippen LogP contribution in [-0.4, -0.2) is 19.9 Å². The fraction of sp³-hybridized carbons (Fsp3) is 0.0200. The van der Waals surface area contributed by atoms with Gasteiger partial charge in [0, 0.05) is 55.6 Å². The number of benzene rings is 15. The predicted octanol–water partition coefficient (Wildman–Crippen LogP) is 24.9. The number of ether oxygens (including phenoxy) is 2. The van der Waals surface area contributed by atoms with Crippen molar-refractivity contribution in [2.24, 2.45) is 0 Å². The maximum Gasteiger partial charge on any atom is 0.161 e. The quantitative estimate of drug-likeness (QED) is 0.136. The van der Waals surface area contributed by atoms with Crippen LogP contribution in [0.3, 0.4) is 0 Å². The molecule has 17 aromatic rings. The fourth-order valence-electron chi connectivity index (χ4n) is 17.6. The lowest BCUT2D eigenvalue weighted by Gasteiger charge is -2.39. The third-order valence-corrected chi connectivity index (χ3v) is 22.1. The van der Waals surface area contributed by atoms with Crippen LogP contribution in [-0.2, 0) is 10.8 Å². The summed E-state index contributed by atoms with van der Waals surface area (Å²) in [6.45, 7) is 0. The molecule has 21 rings (SSSR count). The Morgan fingerprint density at radius 1 is 0.170 bits per heavy atom. The minimum absolute atomic E-state index is 0.626. The fourth-order valence-corrected chi connectivity index (χ4v) is 17.6. The zero-order chi connectivity index (χ0) is 69.9. The Balaban J connectivity index is 0.701. The van der Waals surface area contributed by atoms with Crippen LogP contribution < -0.4 is 9.47 Å². The molecule has 15 aromatic carbocycles. The second-order valence-corrected chi connectivity index (χ2v) is 27.7. The Morgan fingerprint density at radius 2 is 0.491 bits per heavy atom. The number of nitrogens with zero attached hydrogens (tertiary/aromatic N) is 4. The van der Waals surface area contributed by atoms with Crippen LogP contribution in [0.5, 0.6) is 23.0 Å². The van der Waals surface area contributed by atoms with Gasteiger partial charge in [-0.25, -0.2) is 19.9 Å². The van der Waals surface area contributed by atoms with E-state index in [0.717, 1.165) is 146 Å². The Morgan fingerprint density at radius 3 is 1.02 bits per heavy atom. The highest BCUT2D eigenvalue weighted by Gasteiger charge is 2.53. The highest BCUT2D eigenvalue weighted by atomic mass is 16.5. The van der Waals surface area contributed by atoms with Crippen LogP contribution >= 0.6 is 0 Å². The summed E-state index contributed by atoms with van der Waals surface area (Å²) in [7, 11) is 0. The average Bonchev–Trinajstić information content (AvgIpc) is 1.50. The van der Waals surface area contributed by atoms with E-state index in [1.54, 1.807) is 0 Å². The van der Waals surface area contributed by atoms with Crippen molar-refractivity contribution in [1.82, 2.24) is 19.9 Å². The monoisotopic (exact) mass is 1350 g/mol. The Hall–Kier alpha value is -13.9. The van der Waals surface area contributed by atoms with Gasteiger partial charge in [0.2, 0.25) is 0 Å². The van der Waals surface area contributed by atoms with Gasteiger partial charge in [0.15, 0.2) is 11.6 Å². The van der Waals surface area contributed by atoms with E-state index in [-0.39, 0.29) is 0 Å². The summed E-state index contributed by atoms with van der Waals surface area (Å²) in [5.41, 5.74) is 30.2. The predicted molar refractivity (Wildman–Crippen MR) is 427 cm³/mol. The summed E-state index contributed by atoms with van der Waals surface area (Å²) in [4.78, 5) is 22.1. The minimum Gasteiger partial charge on any atom is -0.457 e. The van der Waals surface area contributed by atoms with Gasteiger partial charge >= 0.3 is 0 Å². The summed E-state index contributed by atoms with van der Waals surface area (Å²) in [6.07, 6.45) is 0. The molecule has 4 aliphatic rings. The van der Waals surface area contributed by atoms with Crippen molar-refractivity contribution in [3.63, 3.8) is 0 Å². The smallest absolute Gasteiger partial charge is 0.161 e. The molecular weight excluding hydrogens is 1290 g/mol. The molecule has 4 heterocycles. The molecule has 0 radical (unpaired) electrons. The molecule has 0 bridgehead atoms. The Labute approximate surface area is 614 Å². The van der Waals surface area contributed by atoms with E-state index < -0.39 is 10.8 Å². The normalized spacial score (nSPS) is 14.1. The van der Waals surface area contributed by atoms with E-state index in [4.69, 9.17) is 29.4 Å². The van der Waals surface area contributed by atoms with E-state index in [2.05, 4.69) is 370 Å². The lowest BCUT2D eigenvalue weighted by molar-refractivity contribution is 0.436. The molecule has 2 aromatic heterocycles. The summed E-state index contributed by atoms with van der Waals surface area (Å²) in [5, 5.41) is 0. The minimum atomic E-state index is -0.797. The van der Waals surface area contributed by atoms with Crippen LogP contribution in [0.4, 0.5) is 0 Å². The topological polar surface area (TPSA) is 70.0 Å². The number of para-hydroxylation sites is 2. The van der Waals surface area contributed by atoms with Crippen molar-refractivity contribution in [3.8, 4) is 158 Å². The first kappa shape index (κ1) is 60.8. The van der Waals surface area contributed by atoms with Crippen molar-refractivity contribution in [2.45, 2.75) is 10.8 Å². The first-order valence-corrected chi connectivity index (χ1v) is 36.2. The van der Waals surface area contributed by atoms with Crippen LogP contribution in [0.1, 0.15) is 44.5 Å². The molecule has 1 unspecified atom stereocenters. The molecule has 0 fully saturated rings. The van der Waals surface area contributed by atoms with Gasteiger partial charge in [-0.05, 0) is 144 Å². The molecule has 2 spiro atoms. The molecule has 494 valence electrons. The van der Waals surface area contributed by atoms with Crippen molar-refractivity contribution < 1.29 is 9.47 Å². The first-order valence-electron chi connectivity index (χ1n) is 36.2. The molecule has 6 heteroatoms. The number of fused-ring (bicyclic) bond motifs is 18. The zero-order valence-corrected chi connectivity index (χ0v) is 57.4. The van der Waals surface area contributed by atoms with Crippen molar-refractivity contribution in [3.05, 3.63) is 421 Å². The molecule has 0 saturated heterocycles. The number of hydrogen-bond acceptors (Lipinski definition) is 6. The lowest BCUT2D eigenvalue weighted by Crippen LogP contribution is -2.32. The van der Waals surface area contributed by atoms with Gasteiger partial charge in [0.1, 0.15) is 23.0 Å². The van der Waals surface area contributed by atoms with Crippen LogP contribution in [0.15, 0.2) is 376 Å². The van der Waals surface area contributed by atoms with Gasteiger partial charge in [-0.15, -0.1) is 0 Å². The number of rotatable bonds is 10. The molecule has 0 N–H and O–H groups in total. The standard InChI is InChI=1S/C100H62N4O2/c1-4-28-63(29-5-1)70-36-10-13-41-76(70)91-62-89(65-32-8-3-9-33-65)102-98(104-91)78-43-15-12-38-72(78)68-55-57-95-87(60-68)100(84-50-23-25-53-93(84)106-95)82-48-21-18-44-79(82)96-73(45-27-51-85(96)100)66-34-26-35-69(58-66)90-61-88(64-30-6-2-7-31-64)101-97(103-90)77-42-14-11-37-71(77)67-54-56-94-86(59-67)99(83-49-22-24-52-92(83)105-94)80-46-19-16-39-74(80)75-40-17-20-47-81(75)99/h1-62H. The summed E-state index contributed by atoms with van der Waals surface area (Å²) in [6, 6.07) is 135. The third-order valence-electron chi connectivity index (χ3n) is 22.1. The van der Waals surface area contributed by atoms with E-state index >= 15 is 0 Å². The third kappa shape index (κ3) is 9.37.